The average molecular weight is 331 g/mol. The Kier molecular flexibility index (Phi) is 6.64. The molecule has 132 valence electrons. The van der Waals surface area contributed by atoms with Crippen molar-refractivity contribution in [3.05, 3.63) is 24.3 Å². The lowest BCUT2D eigenvalue weighted by Crippen LogP contribution is -2.48. The Morgan fingerprint density at radius 1 is 1.08 bits per heavy atom. The Morgan fingerprint density at radius 2 is 1.71 bits per heavy atom. The predicted molar refractivity (Wildman–Crippen MR) is 98.2 cm³/mol. The van der Waals surface area contributed by atoms with Gasteiger partial charge in [-0.3, -0.25) is 9.59 Å². The highest BCUT2D eigenvalue weighted by Crippen LogP contribution is 2.20. The summed E-state index contributed by atoms with van der Waals surface area (Å²) in [7, 11) is 0. The van der Waals surface area contributed by atoms with Crippen LogP contribution in [0.15, 0.2) is 24.3 Å². The summed E-state index contributed by atoms with van der Waals surface area (Å²) in [5.74, 6) is 0.285. The highest BCUT2D eigenvalue weighted by atomic mass is 16.2. The van der Waals surface area contributed by atoms with E-state index < -0.39 is 0 Å². The van der Waals surface area contributed by atoms with Gasteiger partial charge in [0.2, 0.25) is 11.8 Å². The maximum Gasteiger partial charge on any atom is 0.226 e. The van der Waals surface area contributed by atoms with Gasteiger partial charge in [0.25, 0.3) is 0 Å². The number of nitrogens with one attached hydrogen (secondary N) is 1. The Bertz CT molecular complexity index is 546. The van der Waals surface area contributed by atoms with E-state index in [1.807, 2.05) is 43.0 Å². The molecule has 0 aromatic heterocycles. The van der Waals surface area contributed by atoms with Crippen LogP contribution in [0.25, 0.3) is 0 Å². The molecule has 0 spiro atoms. The molecule has 2 amide bonds. The number of hydrogen-bond acceptors (Lipinski definition) is 3. The van der Waals surface area contributed by atoms with Gasteiger partial charge in [-0.2, -0.15) is 0 Å². The zero-order valence-corrected chi connectivity index (χ0v) is 15.0. The summed E-state index contributed by atoms with van der Waals surface area (Å²) in [6, 6.07) is 7.94. The number of amides is 2. The second-order valence-electron chi connectivity index (χ2n) is 6.66. The summed E-state index contributed by atoms with van der Waals surface area (Å²) in [6.07, 6.45) is 2.70. The molecule has 0 bridgehead atoms. The minimum atomic E-state index is -0.0250. The Hall–Kier alpha value is -2.04. The summed E-state index contributed by atoms with van der Waals surface area (Å²) in [5.41, 5.74) is 1.96. The molecular formula is C19H29N3O2. The second kappa shape index (κ2) is 8.71. The van der Waals surface area contributed by atoms with Crippen LogP contribution in [-0.2, 0) is 9.59 Å². The minimum absolute atomic E-state index is 0.0250. The number of piperazine rings is 1. The summed E-state index contributed by atoms with van der Waals surface area (Å²) in [5, 5.41) is 2.90. The summed E-state index contributed by atoms with van der Waals surface area (Å²) in [4.78, 5) is 28.0. The molecule has 24 heavy (non-hydrogen) atoms. The van der Waals surface area contributed by atoms with Crippen LogP contribution in [0.4, 0.5) is 11.4 Å². The molecule has 0 unspecified atom stereocenters. The normalized spacial score (nSPS) is 14.8. The van der Waals surface area contributed by atoms with Crippen molar-refractivity contribution in [3.8, 4) is 0 Å². The monoisotopic (exact) mass is 331 g/mol. The lowest BCUT2D eigenvalue weighted by atomic mass is 10.2. The third-order valence-corrected chi connectivity index (χ3v) is 4.40. The Balaban J connectivity index is 1.86. The summed E-state index contributed by atoms with van der Waals surface area (Å²) >= 11 is 0. The van der Waals surface area contributed by atoms with Crippen LogP contribution in [0.2, 0.25) is 0 Å². The molecule has 1 N–H and O–H groups in total. The molecule has 1 aliphatic heterocycles. The molecule has 1 heterocycles. The number of unbranched alkanes of at least 4 members (excludes halogenated alkanes) is 1. The van der Waals surface area contributed by atoms with Crippen molar-refractivity contribution >= 4 is 23.2 Å². The first-order valence-corrected chi connectivity index (χ1v) is 8.95. The van der Waals surface area contributed by atoms with Gasteiger partial charge in [0.15, 0.2) is 0 Å². The van der Waals surface area contributed by atoms with Crippen molar-refractivity contribution < 1.29 is 9.59 Å². The topological polar surface area (TPSA) is 52.7 Å². The van der Waals surface area contributed by atoms with E-state index in [9.17, 15) is 9.59 Å². The van der Waals surface area contributed by atoms with Crippen LogP contribution in [0.1, 0.15) is 40.0 Å². The quantitative estimate of drug-likeness (QED) is 0.871. The fourth-order valence-electron chi connectivity index (χ4n) is 2.74. The number of anilines is 2. The van der Waals surface area contributed by atoms with Crippen molar-refractivity contribution in [3.63, 3.8) is 0 Å². The van der Waals surface area contributed by atoms with Gasteiger partial charge >= 0.3 is 0 Å². The van der Waals surface area contributed by atoms with E-state index in [0.717, 1.165) is 50.4 Å². The average Bonchev–Trinajstić information content (AvgIpc) is 2.60. The van der Waals surface area contributed by atoms with Gasteiger partial charge in [-0.25, -0.2) is 0 Å². The van der Waals surface area contributed by atoms with E-state index in [4.69, 9.17) is 0 Å². The van der Waals surface area contributed by atoms with Crippen molar-refractivity contribution in [2.45, 2.75) is 40.0 Å². The zero-order chi connectivity index (χ0) is 17.5. The van der Waals surface area contributed by atoms with Crippen LogP contribution in [0.3, 0.4) is 0 Å². The van der Waals surface area contributed by atoms with E-state index in [2.05, 4.69) is 17.1 Å². The van der Waals surface area contributed by atoms with E-state index in [1.54, 1.807) is 0 Å². The molecule has 1 aromatic carbocycles. The molecule has 1 aromatic rings. The first-order valence-electron chi connectivity index (χ1n) is 8.95. The summed E-state index contributed by atoms with van der Waals surface area (Å²) in [6.45, 7) is 9.16. The highest BCUT2D eigenvalue weighted by Gasteiger charge is 2.20. The molecule has 0 saturated carbocycles. The third-order valence-electron chi connectivity index (χ3n) is 4.40. The van der Waals surface area contributed by atoms with Gasteiger partial charge < -0.3 is 15.1 Å². The predicted octanol–water partition coefficient (Wildman–Crippen LogP) is 3.12. The van der Waals surface area contributed by atoms with Gasteiger partial charge in [-0.15, -0.1) is 0 Å². The lowest BCUT2D eigenvalue weighted by molar-refractivity contribution is -0.131. The lowest BCUT2D eigenvalue weighted by Gasteiger charge is -2.36. The first kappa shape index (κ1) is 18.3. The third kappa shape index (κ3) is 4.98. The largest absolute Gasteiger partial charge is 0.368 e. The van der Waals surface area contributed by atoms with Gasteiger partial charge in [0.05, 0.1) is 0 Å². The SMILES string of the molecule is CCCCC(=O)N1CCN(c2ccc(NC(=O)C(C)C)cc2)CC1. The fourth-order valence-corrected chi connectivity index (χ4v) is 2.74. The molecule has 0 atom stereocenters. The number of nitrogens with zero attached hydrogens (tertiary/aromatic N) is 2. The Labute approximate surface area is 145 Å². The fraction of sp³-hybridized carbons (Fsp3) is 0.579. The maximum atomic E-state index is 12.1. The number of hydrogen-bond donors (Lipinski definition) is 1. The van der Waals surface area contributed by atoms with Gasteiger partial charge in [0, 0.05) is 49.9 Å². The second-order valence-corrected chi connectivity index (χ2v) is 6.66. The Morgan fingerprint density at radius 3 is 2.25 bits per heavy atom. The smallest absolute Gasteiger partial charge is 0.226 e. The maximum absolute atomic E-state index is 12.1. The van der Waals surface area contributed by atoms with Crippen molar-refractivity contribution in [2.75, 3.05) is 36.4 Å². The minimum Gasteiger partial charge on any atom is -0.368 e. The zero-order valence-electron chi connectivity index (χ0n) is 15.0. The van der Waals surface area contributed by atoms with Crippen LogP contribution >= 0.6 is 0 Å². The van der Waals surface area contributed by atoms with Gasteiger partial charge in [0.1, 0.15) is 0 Å². The van der Waals surface area contributed by atoms with Crippen LogP contribution in [0, 0.1) is 5.92 Å². The standard InChI is InChI=1S/C19H29N3O2/c1-4-5-6-18(23)22-13-11-21(12-14-22)17-9-7-16(8-10-17)20-19(24)15(2)3/h7-10,15H,4-6,11-14H2,1-3H3,(H,20,24). The van der Waals surface area contributed by atoms with Gasteiger partial charge in [-0.1, -0.05) is 27.2 Å². The number of carbonyl (C=O) groups excluding carboxylic acids is 2. The number of carbonyl (C=O) groups is 2. The number of benzene rings is 1. The van der Waals surface area contributed by atoms with Gasteiger partial charge in [-0.05, 0) is 30.7 Å². The first-order chi connectivity index (χ1) is 11.5. The number of rotatable bonds is 6. The molecular weight excluding hydrogens is 302 g/mol. The van der Waals surface area contributed by atoms with E-state index in [-0.39, 0.29) is 17.7 Å². The van der Waals surface area contributed by atoms with Crippen LogP contribution in [-0.4, -0.2) is 42.9 Å². The molecule has 1 fully saturated rings. The molecule has 2 rings (SSSR count). The molecule has 5 nitrogen and oxygen atoms in total. The van der Waals surface area contributed by atoms with Crippen LogP contribution in [0.5, 0.6) is 0 Å². The molecule has 0 aliphatic carbocycles. The molecule has 5 heteroatoms. The summed E-state index contributed by atoms with van der Waals surface area (Å²) < 4.78 is 0. The van der Waals surface area contributed by atoms with Crippen molar-refractivity contribution in [2.24, 2.45) is 5.92 Å². The van der Waals surface area contributed by atoms with Crippen molar-refractivity contribution in [1.82, 2.24) is 4.90 Å². The van der Waals surface area contributed by atoms with Crippen molar-refractivity contribution in [1.29, 1.82) is 0 Å². The van der Waals surface area contributed by atoms with E-state index >= 15 is 0 Å². The van der Waals surface area contributed by atoms with Crippen LogP contribution < -0.4 is 10.2 Å². The molecule has 1 aliphatic rings. The van der Waals surface area contributed by atoms with E-state index in [0.29, 0.717) is 6.42 Å². The molecule has 0 radical (unpaired) electrons. The highest BCUT2D eigenvalue weighted by molar-refractivity contribution is 5.92. The van der Waals surface area contributed by atoms with E-state index in [1.165, 1.54) is 0 Å². The molecule has 1 saturated heterocycles.